The van der Waals surface area contributed by atoms with Gasteiger partial charge in [0, 0.05) is 6.92 Å². The zero-order valence-corrected chi connectivity index (χ0v) is 15.4. The maximum absolute atomic E-state index is 11.3. The van der Waals surface area contributed by atoms with E-state index in [9.17, 15) is 4.79 Å². The summed E-state index contributed by atoms with van der Waals surface area (Å²) < 4.78 is 5.36. The van der Waals surface area contributed by atoms with Crippen molar-refractivity contribution in [1.29, 1.82) is 0 Å². The number of ether oxygens (including phenoxy) is 1. The minimum absolute atomic E-state index is 0.225. The molecule has 0 aliphatic rings. The van der Waals surface area contributed by atoms with Crippen LogP contribution in [0.3, 0.4) is 0 Å². The van der Waals surface area contributed by atoms with Crippen LogP contribution in [0, 0.1) is 0 Å². The number of carbonyl (C=O) groups is 1. The molecular formula is C22H22O2Si. The number of rotatable bonds is 6. The fourth-order valence-electron chi connectivity index (χ4n) is 3.45. The van der Waals surface area contributed by atoms with Gasteiger partial charge in [-0.2, -0.15) is 0 Å². The second-order valence-corrected chi connectivity index (χ2v) is 10.1. The zero-order valence-electron chi connectivity index (χ0n) is 14.4. The van der Waals surface area contributed by atoms with Gasteiger partial charge < -0.3 is 4.74 Å². The number of hydrogen-bond donors (Lipinski definition) is 0. The van der Waals surface area contributed by atoms with Gasteiger partial charge in [0.1, 0.15) is 0 Å². The van der Waals surface area contributed by atoms with E-state index in [4.69, 9.17) is 4.74 Å². The predicted molar refractivity (Wildman–Crippen MR) is 105 cm³/mol. The minimum Gasteiger partial charge on any atom is -0.466 e. The van der Waals surface area contributed by atoms with Crippen molar-refractivity contribution in [1.82, 2.24) is 0 Å². The first-order valence-corrected chi connectivity index (χ1v) is 10.7. The van der Waals surface area contributed by atoms with Gasteiger partial charge in [-0.05, 0) is 21.6 Å². The van der Waals surface area contributed by atoms with Crippen molar-refractivity contribution in [2.75, 3.05) is 6.61 Å². The Morgan fingerprint density at radius 2 is 1.08 bits per heavy atom. The van der Waals surface area contributed by atoms with Crippen molar-refractivity contribution in [3.63, 3.8) is 0 Å². The molecule has 3 rings (SSSR count). The van der Waals surface area contributed by atoms with Crippen LogP contribution in [0.1, 0.15) is 6.92 Å². The highest BCUT2D eigenvalue weighted by atomic mass is 28.3. The molecule has 0 saturated heterocycles. The normalized spacial score (nSPS) is 11.1. The first-order valence-electron chi connectivity index (χ1n) is 8.53. The van der Waals surface area contributed by atoms with Crippen molar-refractivity contribution >= 4 is 29.6 Å². The van der Waals surface area contributed by atoms with E-state index in [0.29, 0.717) is 6.61 Å². The third-order valence-electron chi connectivity index (χ3n) is 4.58. The van der Waals surface area contributed by atoms with Gasteiger partial charge in [-0.3, -0.25) is 4.79 Å². The van der Waals surface area contributed by atoms with Crippen LogP contribution >= 0.6 is 0 Å². The predicted octanol–water partition coefficient (Wildman–Crippen LogP) is 2.72. The van der Waals surface area contributed by atoms with Crippen LogP contribution in [0.5, 0.6) is 0 Å². The van der Waals surface area contributed by atoms with Crippen molar-refractivity contribution in [2.45, 2.75) is 13.0 Å². The fraction of sp³-hybridized carbons (Fsp3) is 0.136. The minimum atomic E-state index is -2.27. The highest BCUT2D eigenvalue weighted by molar-refractivity contribution is 7.11. The lowest BCUT2D eigenvalue weighted by molar-refractivity contribution is -0.140. The Kier molecular flexibility index (Phi) is 5.46. The molecule has 126 valence electrons. The molecule has 0 spiro atoms. The Hall–Kier alpha value is -2.65. The Balaban J connectivity index is 2.18. The lowest BCUT2D eigenvalue weighted by Gasteiger charge is -2.33. The highest BCUT2D eigenvalue weighted by Crippen LogP contribution is 2.13. The average molecular weight is 347 g/mol. The van der Waals surface area contributed by atoms with E-state index >= 15 is 0 Å². The van der Waals surface area contributed by atoms with Crippen LogP contribution in [0.2, 0.25) is 6.04 Å². The summed E-state index contributed by atoms with van der Waals surface area (Å²) in [5.41, 5.74) is 0. The van der Waals surface area contributed by atoms with Gasteiger partial charge in [-0.1, -0.05) is 91.0 Å². The Labute approximate surface area is 150 Å². The maximum Gasteiger partial charge on any atom is 0.302 e. The zero-order chi connectivity index (χ0) is 17.5. The number of benzene rings is 3. The Morgan fingerprint density at radius 1 is 0.720 bits per heavy atom. The molecule has 0 N–H and O–H groups in total. The van der Waals surface area contributed by atoms with Crippen LogP contribution < -0.4 is 15.6 Å². The lowest BCUT2D eigenvalue weighted by atomic mass is 10.3. The molecule has 0 saturated carbocycles. The van der Waals surface area contributed by atoms with E-state index in [1.165, 1.54) is 22.5 Å². The van der Waals surface area contributed by atoms with Crippen LogP contribution in [0.15, 0.2) is 91.0 Å². The summed E-state index contributed by atoms with van der Waals surface area (Å²) in [7, 11) is -2.27. The molecule has 0 bridgehead atoms. The number of carbonyl (C=O) groups excluding carboxylic acids is 1. The van der Waals surface area contributed by atoms with Gasteiger partial charge in [0.05, 0.1) is 6.61 Å². The third-order valence-corrected chi connectivity index (χ3v) is 9.49. The second-order valence-electron chi connectivity index (χ2n) is 6.09. The van der Waals surface area contributed by atoms with E-state index in [-0.39, 0.29) is 5.97 Å². The molecule has 0 aliphatic carbocycles. The van der Waals surface area contributed by atoms with Gasteiger partial charge in [-0.15, -0.1) is 0 Å². The quantitative estimate of drug-likeness (QED) is 0.390. The molecular weight excluding hydrogens is 324 g/mol. The largest absolute Gasteiger partial charge is 0.466 e. The summed E-state index contributed by atoms with van der Waals surface area (Å²) in [4.78, 5) is 11.3. The summed E-state index contributed by atoms with van der Waals surface area (Å²) in [5, 5.41) is 4.00. The van der Waals surface area contributed by atoms with E-state index in [1.54, 1.807) is 0 Å². The Morgan fingerprint density at radius 3 is 1.40 bits per heavy atom. The molecule has 3 heteroatoms. The molecule has 0 aromatic heterocycles. The Bertz CT molecular complexity index is 705. The van der Waals surface area contributed by atoms with E-state index in [2.05, 4.69) is 72.8 Å². The third kappa shape index (κ3) is 3.72. The molecule has 0 unspecified atom stereocenters. The van der Waals surface area contributed by atoms with Crippen LogP contribution in [-0.2, 0) is 9.53 Å². The molecule has 0 atom stereocenters. The van der Waals surface area contributed by atoms with Crippen LogP contribution in [-0.4, -0.2) is 20.7 Å². The molecule has 3 aromatic carbocycles. The summed E-state index contributed by atoms with van der Waals surface area (Å²) in [6.07, 6.45) is 0. The van der Waals surface area contributed by atoms with E-state index < -0.39 is 8.07 Å². The SMILES string of the molecule is CC(=O)OCC[Si](c1ccccc1)(c1ccccc1)c1ccccc1. The van der Waals surface area contributed by atoms with Gasteiger partial charge in [0.15, 0.2) is 8.07 Å². The van der Waals surface area contributed by atoms with Crippen molar-refractivity contribution in [3.8, 4) is 0 Å². The number of hydrogen-bond acceptors (Lipinski definition) is 2. The molecule has 0 aliphatic heterocycles. The second kappa shape index (κ2) is 7.95. The van der Waals surface area contributed by atoms with Crippen LogP contribution in [0.25, 0.3) is 0 Å². The monoisotopic (exact) mass is 346 g/mol. The fourth-order valence-corrected chi connectivity index (χ4v) is 8.01. The van der Waals surface area contributed by atoms with E-state index in [0.717, 1.165) is 6.04 Å². The first kappa shape index (κ1) is 17.2. The summed E-state index contributed by atoms with van der Waals surface area (Å²) >= 11 is 0. The topological polar surface area (TPSA) is 26.3 Å². The van der Waals surface area contributed by atoms with Crippen molar-refractivity contribution in [3.05, 3.63) is 91.0 Å². The lowest BCUT2D eigenvalue weighted by Crippen LogP contribution is -2.67. The molecule has 3 aromatic rings. The molecule has 25 heavy (non-hydrogen) atoms. The summed E-state index contributed by atoms with van der Waals surface area (Å²) in [5.74, 6) is -0.225. The maximum atomic E-state index is 11.3. The summed E-state index contributed by atoms with van der Waals surface area (Å²) in [6, 6.07) is 32.8. The molecule has 0 heterocycles. The van der Waals surface area contributed by atoms with E-state index in [1.807, 2.05) is 18.2 Å². The van der Waals surface area contributed by atoms with Crippen LogP contribution in [0.4, 0.5) is 0 Å². The van der Waals surface area contributed by atoms with Crippen molar-refractivity contribution in [2.24, 2.45) is 0 Å². The highest BCUT2D eigenvalue weighted by Gasteiger charge is 2.39. The molecule has 0 radical (unpaired) electrons. The molecule has 0 fully saturated rings. The van der Waals surface area contributed by atoms with Gasteiger partial charge >= 0.3 is 5.97 Å². The van der Waals surface area contributed by atoms with Gasteiger partial charge in [-0.25, -0.2) is 0 Å². The van der Waals surface area contributed by atoms with Gasteiger partial charge in [0.2, 0.25) is 0 Å². The molecule has 2 nitrogen and oxygen atoms in total. The summed E-state index contributed by atoms with van der Waals surface area (Å²) in [6.45, 7) is 1.90. The first-order chi connectivity index (χ1) is 12.2. The van der Waals surface area contributed by atoms with Crippen molar-refractivity contribution < 1.29 is 9.53 Å². The number of esters is 1. The standard InChI is InChI=1S/C22H22O2Si/c1-19(23)24-17-18-25(20-11-5-2-6-12-20,21-13-7-3-8-14-21)22-15-9-4-10-16-22/h2-16H,17-18H2,1H3. The van der Waals surface area contributed by atoms with Gasteiger partial charge in [0.25, 0.3) is 0 Å². The molecule has 0 amide bonds. The smallest absolute Gasteiger partial charge is 0.302 e. The average Bonchev–Trinajstić information content (AvgIpc) is 2.67.